The SMILES string of the molecule is CN(C(=O)c1ccc(F)c(C(F)(F)F)c1)C1CCCNCC1.Cl. The molecule has 1 N–H and O–H groups in total. The van der Waals surface area contributed by atoms with E-state index < -0.39 is 23.5 Å². The van der Waals surface area contributed by atoms with Crippen LogP contribution in [0.15, 0.2) is 18.2 Å². The molecule has 1 fully saturated rings. The van der Waals surface area contributed by atoms with Gasteiger partial charge in [-0.25, -0.2) is 4.39 Å². The highest BCUT2D eigenvalue weighted by Crippen LogP contribution is 2.32. The Balaban J connectivity index is 0.00000264. The van der Waals surface area contributed by atoms with E-state index in [0.29, 0.717) is 12.1 Å². The Morgan fingerprint density at radius 2 is 1.96 bits per heavy atom. The van der Waals surface area contributed by atoms with Gasteiger partial charge in [0.1, 0.15) is 5.82 Å². The highest BCUT2D eigenvalue weighted by Gasteiger charge is 2.35. The lowest BCUT2D eigenvalue weighted by atomic mass is 10.0. The van der Waals surface area contributed by atoms with E-state index in [4.69, 9.17) is 0 Å². The maximum absolute atomic E-state index is 13.3. The van der Waals surface area contributed by atoms with E-state index in [1.54, 1.807) is 7.05 Å². The van der Waals surface area contributed by atoms with Crippen LogP contribution >= 0.6 is 12.4 Å². The van der Waals surface area contributed by atoms with Crippen LogP contribution in [0.2, 0.25) is 0 Å². The van der Waals surface area contributed by atoms with Crippen molar-refractivity contribution < 1.29 is 22.4 Å². The number of hydrogen-bond acceptors (Lipinski definition) is 2. The Bertz CT molecular complexity index is 543. The van der Waals surface area contributed by atoms with Crippen molar-refractivity contribution in [1.82, 2.24) is 10.2 Å². The molecule has 130 valence electrons. The van der Waals surface area contributed by atoms with Gasteiger partial charge in [-0.15, -0.1) is 12.4 Å². The summed E-state index contributed by atoms with van der Waals surface area (Å²) in [5.41, 5.74) is -1.55. The molecule has 1 unspecified atom stereocenters. The third-order valence-corrected chi connectivity index (χ3v) is 3.93. The van der Waals surface area contributed by atoms with Gasteiger partial charge in [-0.2, -0.15) is 13.2 Å². The molecule has 1 aromatic carbocycles. The fourth-order valence-electron chi connectivity index (χ4n) is 2.63. The van der Waals surface area contributed by atoms with Crippen molar-refractivity contribution >= 4 is 18.3 Å². The second kappa shape index (κ2) is 7.97. The fraction of sp³-hybridized carbons (Fsp3) is 0.533. The Hall–Kier alpha value is -1.34. The summed E-state index contributed by atoms with van der Waals surface area (Å²) in [5, 5.41) is 3.21. The lowest BCUT2D eigenvalue weighted by Gasteiger charge is -2.27. The van der Waals surface area contributed by atoms with Crippen molar-refractivity contribution in [2.75, 3.05) is 20.1 Å². The van der Waals surface area contributed by atoms with Crippen LogP contribution in [0.3, 0.4) is 0 Å². The van der Waals surface area contributed by atoms with Crippen LogP contribution in [0.1, 0.15) is 35.2 Å². The molecule has 3 nitrogen and oxygen atoms in total. The molecule has 1 aromatic rings. The average molecular weight is 355 g/mol. The van der Waals surface area contributed by atoms with Crippen LogP contribution < -0.4 is 5.32 Å². The molecule has 0 spiro atoms. The molecule has 1 aliphatic rings. The summed E-state index contributed by atoms with van der Waals surface area (Å²) >= 11 is 0. The molecule has 0 bridgehead atoms. The highest BCUT2D eigenvalue weighted by molar-refractivity contribution is 5.94. The number of carbonyl (C=O) groups is 1. The van der Waals surface area contributed by atoms with E-state index >= 15 is 0 Å². The van der Waals surface area contributed by atoms with Gasteiger partial charge in [0.15, 0.2) is 0 Å². The first-order valence-electron chi connectivity index (χ1n) is 7.15. The van der Waals surface area contributed by atoms with Crippen LogP contribution in [0.5, 0.6) is 0 Å². The Kier molecular flexibility index (Phi) is 6.83. The maximum atomic E-state index is 13.3. The molecular formula is C15H19ClF4N2O. The maximum Gasteiger partial charge on any atom is 0.419 e. The summed E-state index contributed by atoms with van der Waals surface area (Å²) in [6.07, 6.45) is -2.37. The molecule has 1 amide bonds. The Morgan fingerprint density at radius 1 is 1.26 bits per heavy atom. The van der Waals surface area contributed by atoms with Crippen LogP contribution in [0, 0.1) is 5.82 Å². The van der Waals surface area contributed by atoms with Gasteiger partial charge in [0, 0.05) is 18.7 Å². The van der Waals surface area contributed by atoms with Crippen molar-refractivity contribution in [3.05, 3.63) is 35.1 Å². The summed E-state index contributed by atoms with van der Waals surface area (Å²) in [4.78, 5) is 13.8. The van der Waals surface area contributed by atoms with E-state index in [2.05, 4.69) is 5.32 Å². The number of rotatable bonds is 2. The van der Waals surface area contributed by atoms with E-state index in [1.165, 1.54) is 4.90 Å². The molecule has 1 atom stereocenters. The molecule has 1 saturated heterocycles. The normalized spacial score (nSPS) is 18.7. The first-order valence-corrected chi connectivity index (χ1v) is 7.15. The first-order chi connectivity index (χ1) is 10.3. The quantitative estimate of drug-likeness (QED) is 0.825. The monoisotopic (exact) mass is 354 g/mol. The zero-order chi connectivity index (χ0) is 16.3. The van der Waals surface area contributed by atoms with Crippen molar-refractivity contribution in [2.24, 2.45) is 0 Å². The molecule has 0 aliphatic carbocycles. The fourth-order valence-corrected chi connectivity index (χ4v) is 2.63. The zero-order valence-electron chi connectivity index (χ0n) is 12.6. The summed E-state index contributed by atoms with van der Waals surface area (Å²) in [5.74, 6) is -1.89. The summed E-state index contributed by atoms with van der Waals surface area (Å²) in [6, 6.07) is 2.35. The number of hydrogen-bond donors (Lipinski definition) is 1. The second-order valence-electron chi connectivity index (χ2n) is 5.44. The number of amides is 1. The standard InChI is InChI=1S/C15H18F4N2O.ClH/c1-21(11-3-2-7-20-8-6-11)14(22)10-4-5-13(16)12(9-10)15(17,18)19;/h4-5,9,11,20H,2-3,6-8H2,1H3;1H. The second-order valence-corrected chi connectivity index (χ2v) is 5.44. The molecule has 1 heterocycles. The number of alkyl halides is 3. The van der Waals surface area contributed by atoms with E-state index in [0.717, 1.165) is 38.4 Å². The Morgan fingerprint density at radius 3 is 2.61 bits per heavy atom. The van der Waals surface area contributed by atoms with Gasteiger partial charge in [0.2, 0.25) is 0 Å². The minimum absolute atomic E-state index is 0. The largest absolute Gasteiger partial charge is 0.419 e. The molecule has 2 rings (SSSR count). The van der Waals surface area contributed by atoms with Gasteiger partial charge >= 0.3 is 6.18 Å². The molecule has 0 saturated carbocycles. The minimum Gasteiger partial charge on any atom is -0.339 e. The van der Waals surface area contributed by atoms with E-state index in [-0.39, 0.29) is 24.0 Å². The van der Waals surface area contributed by atoms with Gasteiger partial charge < -0.3 is 10.2 Å². The van der Waals surface area contributed by atoms with Gasteiger partial charge in [-0.05, 0) is 50.6 Å². The average Bonchev–Trinajstić information content (AvgIpc) is 2.74. The van der Waals surface area contributed by atoms with Crippen LogP contribution in [0.25, 0.3) is 0 Å². The zero-order valence-corrected chi connectivity index (χ0v) is 13.4. The van der Waals surface area contributed by atoms with Crippen molar-refractivity contribution in [2.45, 2.75) is 31.5 Å². The Labute approximate surface area is 138 Å². The number of benzene rings is 1. The molecule has 8 heteroatoms. The predicted molar refractivity (Wildman–Crippen MR) is 81.3 cm³/mol. The van der Waals surface area contributed by atoms with Gasteiger partial charge in [-0.1, -0.05) is 0 Å². The van der Waals surface area contributed by atoms with Gasteiger partial charge in [-0.3, -0.25) is 4.79 Å². The molecule has 0 radical (unpaired) electrons. The van der Waals surface area contributed by atoms with E-state index in [1.807, 2.05) is 0 Å². The van der Waals surface area contributed by atoms with Crippen LogP contribution in [-0.4, -0.2) is 37.0 Å². The lowest BCUT2D eigenvalue weighted by Crippen LogP contribution is -2.37. The van der Waals surface area contributed by atoms with Crippen molar-refractivity contribution in [1.29, 1.82) is 0 Å². The number of nitrogens with one attached hydrogen (secondary N) is 1. The molecule has 0 aromatic heterocycles. The van der Waals surface area contributed by atoms with Gasteiger partial charge in [0.25, 0.3) is 5.91 Å². The third-order valence-electron chi connectivity index (χ3n) is 3.93. The number of nitrogens with zero attached hydrogens (tertiary/aromatic N) is 1. The van der Waals surface area contributed by atoms with E-state index in [9.17, 15) is 22.4 Å². The van der Waals surface area contributed by atoms with Crippen LogP contribution in [0.4, 0.5) is 17.6 Å². The summed E-state index contributed by atoms with van der Waals surface area (Å²) < 4.78 is 51.5. The molecule has 23 heavy (non-hydrogen) atoms. The summed E-state index contributed by atoms with van der Waals surface area (Å²) in [7, 11) is 1.58. The van der Waals surface area contributed by atoms with Crippen molar-refractivity contribution in [3.63, 3.8) is 0 Å². The third kappa shape index (κ3) is 4.81. The number of carbonyl (C=O) groups excluding carboxylic acids is 1. The minimum atomic E-state index is -4.81. The summed E-state index contributed by atoms with van der Waals surface area (Å²) in [6.45, 7) is 1.63. The highest BCUT2D eigenvalue weighted by atomic mass is 35.5. The lowest BCUT2D eigenvalue weighted by molar-refractivity contribution is -0.140. The topological polar surface area (TPSA) is 32.3 Å². The van der Waals surface area contributed by atoms with Gasteiger partial charge in [0.05, 0.1) is 5.56 Å². The van der Waals surface area contributed by atoms with Crippen LogP contribution in [-0.2, 0) is 6.18 Å². The predicted octanol–water partition coefficient (Wildman–Crippen LogP) is 3.48. The molecule has 1 aliphatic heterocycles. The number of halogens is 5. The first kappa shape index (κ1) is 19.7. The van der Waals surface area contributed by atoms with Crippen molar-refractivity contribution in [3.8, 4) is 0 Å². The smallest absolute Gasteiger partial charge is 0.339 e. The molecular weight excluding hydrogens is 336 g/mol.